The lowest BCUT2D eigenvalue weighted by atomic mass is 9.99. The second kappa shape index (κ2) is 8.41. The van der Waals surface area contributed by atoms with Crippen LogP contribution in [0.3, 0.4) is 0 Å². The number of hydrogen-bond acceptors (Lipinski definition) is 4. The molecule has 0 radical (unpaired) electrons. The topological polar surface area (TPSA) is 51.1 Å². The van der Waals surface area contributed by atoms with E-state index in [1.165, 1.54) is 5.01 Å². The van der Waals surface area contributed by atoms with Crippen LogP contribution in [0.25, 0.3) is 16.8 Å². The maximum Gasteiger partial charge on any atom is 0.280 e. The number of nitrogens with zero attached hydrogens (tertiary/aromatic N) is 2. The highest BCUT2D eigenvalue weighted by molar-refractivity contribution is 6.32. The van der Waals surface area contributed by atoms with Crippen LogP contribution in [-0.4, -0.2) is 24.8 Å². The van der Waals surface area contributed by atoms with E-state index in [-0.39, 0.29) is 5.91 Å². The summed E-state index contributed by atoms with van der Waals surface area (Å²) in [5.41, 5.74) is 2.81. The first-order chi connectivity index (χ1) is 14.6. The third-order valence-electron chi connectivity index (χ3n) is 4.96. The van der Waals surface area contributed by atoms with Gasteiger partial charge in [-0.1, -0.05) is 30.3 Å². The van der Waals surface area contributed by atoms with Crippen molar-refractivity contribution in [1.82, 2.24) is 0 Å². The molecule has 5 nitrogen and oxygen atoms in total. The molecule has 0 saturated heterocycles. The number of hydrazone groups is 1. The zero-order chi connectivity index (χ0) is 21.1. The van der Waals surface area contributed by atoms with Gasteiger partial charge in [0.2, 0.25) is 0 Å². The van der Waals surface area contributed by atoms with Gasteiger partial charge in [0.15, 0.2) is 0 Å². The Kier molecular flexibility index (Phi) is 5.53. The Labute approximate surface area is 176 Å². The van der Waals surface area contributed by atoms with Crippen molar-refractivity contribution in [2.45, 2.75) is 20.8 Å². The number of benzene rings is 3. The second-order valence-electron chi connectivity index (χ2n) is 6.92. The van der Waals surface area contributed by atoms with Crippen LogP contribution in [-0.2, 0) is 4.79 Å². The van der Waals surface area contributed by atoms with Crippen molar-refractivity contribution in [3.63, 3.8) is 0 Å². The Morgan fingerprint density at radius 1 is 0.967 bits per heavy atom. The molecule has 1 heterocycles. The second-order valence-corrected chi connectivity index (χ2v) is 6.92. The number of fused-ring (bicyclic) bond motifs is 1. The molecule has 0 aliphatic carbocycles. The number of para-hydroxylation sites is 1. The number of anilines is 1. The van der Waals surface area contributed by atoms with Crippen LogP contribution < -0.4 is 14.5 Å². The number of carbonyl (C=O) groups excluding carboxylic acids is 1. The Morgan fingerprint density at radius 2 is 1.70 bits per heavy atom. The van der Waals surface area contributed by atoms with E-state index in [1.54, 1.807) is 0 Å². The highest BCUT2D eigenvalue weighted by atomic mass is 16.5. The van der Waals surface area contributed by atoms with Crippen molar-refractivity contribution in [3.8, 4) is 11.5 Å². The van der Waals surface area contributed by atoms with Crippen molar-refractivity contribution in [3.05, 3.63) is 71.8 Å². The summed E-state index contributed by atoms with van der Waals surface area (Å²) < 4.78 is 11.6. The SMILES string of the molecule is CCOc1ccc2ccc(OCC)c(/C=C3/C(=O)N(c4ccccc4)N=C3C)c2c1. The van der Waals surface area contributed by atoms with Gasteiger partial charge in [-0.05, 0) is 68.0 Å². The minimum atomic E-state index is -0.154. The van der Waals surface area contributed by atoms with Crippen LogP contribution in [0, 0.1) is 0 Å². The Hall–Kier alpha value is -3.60. The molecule has 0 saturated carbocycles. The summed E-state index contributed by atoms with van der Waals surface area (Å²) in [5, 5.41) is 7.95. The number of rotatable bonds is 6. The van der Waals surface area contributed by atoms with Gasteiger partial charge in [0.1, 0.15) is 11.5 Å². The van der Waals surface area contributed by atoms with Gasteiger partial charge in [0.25, 0.3) is 5.91 Å². The lowest BCUT2D eigenvalue weighted by Gasteiger charge is -2.14. The highest BCUT2D eigenvalue weighted by Gasteiger charge is 2.29. The fraction of sp³-hybridized carbons (Fsp3) is 0.200. The zero-order valence-electron chi connectivity index (χ0n) is 17.4. The summed E-state index contributed by atoms with van der Waals surface area (Å²) in [7, 11) is 0. The smallest absolute Gasteiger partial charge is 0.280 e. The minimum Gasteiger partial charge on any atom is -0.494 e. The monoisotopic (exact) mass is 400 g/mol. The van der Waals surface area contributed by atoms with Gasteiger partial charge in [-0.25, -0.2) is 0 Å². The molecule has 152 valence electrons. The van der Waals surface area contributed by atoms with E-state index in [1.807, 2.05) is 87.5 Å². The van der Waals surface area contributed by atoms with Crippen molar-refractivity contribution in [1.29, 1.82) is 0 Å². The summed E-state index contributed by atoms with van der Waals surface area (Å²) in [6.45, 7) is 6.87. The average molecular weight is 400 g/mol. The molecular weight excluding hydrogens is 376 g/mol. The quantitative estimate of drug-likeness (QED) is 0.518. The molecule has 4 rings (SSSR count). The van der Waals surface area contributed by atoms with E-state index in [0.717, 1.165) is 33.5 Å². The third-order valence-corrected chi connectivity index (χ3v) is 4.96. The predicted molar refractivity (Wildman–Crippen MR) is 121 cm³/mol. The largest absolute Gasteiger partial charge is 0.494 e. The van der Waals surface area contributed by atoms with E-state index in [2.05, 4.69) is 5.10 Å². The molecule has 0 N–H and O–H groups in total. The van der Waals surface area contributed by atoms with Gasteiger partial charge in [-0.15, -0.1) is 0 Å². The van der Waals surface area contributed by atoms with Crippen LogP contribution >= 0.6 is 0 Å². The molecule has 0 bridgehead atoms. The first-order valence-electron chi connectivity index (χ1n) is 10.1. The summed E-state index contributed by atoms with van der Waals surface area (Å²) in [4.78, 5) is 13.2. The van der Waals surface area contributed by atoms with Crippen LogP contribution in [0.2, 0.25) is 0 Å². The van der Waals surface area contributed by atoms with Crippen LogP contribution in [0.5, 0.6) is 11.5 Å². The fourth-order valence-electron chi connectivity index (χ4n) is 3.56. The van der Waals surface area contributed by atoms with Gasteiger partial charge >= 0.3 is 0 Å². The van der Waals surface area contributed by atoms with Gasteiger partial charge in [-0.2, -0.15) is 10.1 Å². The molecule has 0 spiro atoms. The maximum atomic E-state index is 13.2. The van der Waals surface area contributed by atoms with Crippen LogP contribution in [0.15, 0.2) is 71.3 Å². The zero-order valence-corrected chi connectivity index (χ0v) is 17.4. The predicted octanol–water partition coefficient (Wildman–Crippen LogP) is 5.44. The molecule has 3 aromatic carbocycles. The van der Waals surface area contributed by atoms with E-state index < -0.39 is 0 Å². The van der Waals surface area contributed by atoms with Crippen LogP contribution in [0.1, 0.15) is 26.3 Å². The van der Waals surface area contributed by atoms with Crippen molar-refractivity contribution in [2.24, 2.45) is 5.10 Å². The molecule has 1 amide bonds. The summed E-state index contributed by atoms with van der Waals surface area (Å²) in [6, 6.07) is 19.4. The van der Waals surface area contributed by atoms with E-state index in [0.29, 0.717) is 24.5 Å². The van der Waals surface area contributed by atoms with E-state index >= 15 is 0 Å². The summed E-state index contributed by atoms with van der Waals surface area (Å²) in [6.07, 6.45) is 1.88. The van der Waals surface area contributed by atoms with Crippen molar-refractivity contribution >= 4 is 34.2 Å². The third kappa shape index (κ3) is 3.66. The normalized spacial score (nSPS) is 15.0. The standard InChI is InChI=1S/C25H24N2O3/c1-4-29-20-13-11-18-12-14-24(30-5-2)23(22(18)15-20)16-21-17(3)26-27(25(21)28)19-9-7-6-8-10-19/h6-16H,4-5H2,1-3H3/b21-16+. The van der Waals surface area contributed by atoms with Crippen molar-refractivity contribution < 1.29 is 14.3 Å². The Bertz CT molecular complexity index is 1140. The first kappa shape index (κ1) is 19.7. The molecule has 5 heteroatoms. The fourth-order valence-corrected chi connectivity index (χ4v) is 3.56. The molecule has 0 fully saturated rings. The first-order valence-corrected chi connectivity index (χ1v) is 10.1. The van der Waals surface area contributed by atoms with Gasteiger partial charge in [0, 0.05) is 5.56 Å². The molecular formula is C25H24N2O3. The highest BCUT2D eigenvalue weighted by Crippen LogP contribution is 2.34. The molecule has 0 aromatic heterocycles. The summed E-state index contributed by atoms with van der Waals surface area (Å²) >= 11 is 0. The van der Waals surface area contributed by atoms with Gasteiger partial charge in [-0.3, -0.25) is 4.79 Å². The molecule has 30 heavy (non-hydrogen) atoms. The van der Waals surface area contributed by atoms with E-state index in [9.17, 15) is 4.79 Å². The molecule has 3 aromatic rings. The van der Waals surface area contributed by atoms with Crippen LogP contribution in [0.4, 0.5) is 5.69 Å². The number of amides is 1. The lowest BCUT2D eigenvalue weighted by molar-refractivity contribution is -0.114. The number of ether oxygens (including phenoxy) is 2. The maximum absolute atomic E-state index is 13.2. The Morgan fingerprint density at radius 3 is 2.43 bits per heavy atom. The van der Waals surface area contributed by atoms with Crippen molar-refractivity contribution in [2.75, 3.05) is 18.2 Å². The molecule has 0 atom stereocenters. The molecule has 1 aliphatic heterocycles. The minimum absolute atomic E-state index is 0.154. The number of hydrogen-bond donors (Lipinski definition) is 0. The number of carbonyl (C=O) groups is 1. The molecule has 0 unspecified atom stereocenters. The summed E-state index contributed by atoms with van der Waals surface area (Å²) in [5.74, 6) is 1.36. The average Bonchev–Trinajstić information content (AvgIpc) is 3.04. The van der Waals surface area contributed by atoms with Gasteiger partial charge in [0.05, 0.1) is 30.2 Å². The van der Waals surface area contributed by atoms with E-state index in [4.69, 9.17) is 9.47 Å². The van der Waals surface area contributed by atoms with Gasteiger partial charge < -0.3 is 9.47 Å². The molecule has 1 aliphatic rings. The Balaban J connectivity index is 1.84. The lowest BCUT2D eigenvalue weighted by Crippen LogP contribution is -2.21.